The van der Waals surface area contributed by atoms with Crippen LogP contribution in [-0.2, 0) is 4.74 Å². The molecular formula is C12H14N2O6. The van der Waals surface area contributed by atoms with Gasteiger partial charge in [0.05, 0.1) is 25.2 Å². The van der Waals surface area contributed by atoms with Gasteiger partial charge in [0.2, 0.25) is 0 Å². The molecule has 0 spiro atoms. The Hall–Kier alpha value is -2.35. The van der Waals surface area contributed by atoms with Crippen LogP contribution in [0.25, 0.3) is 0 Å². The van der Waals surface area contributed by atoms with E-state index >= 15 is 0 Å². The van der Waals surface area contributed by atoms with Gasteiger partial charge in [-0.05, 0) is 0 Å². The first kappa shape index (κ1) is 14.1. The van der Waals surface area contributed by atoms with Crippen LogP contribution in [0, 0.1) is 10.1 Å². The number of nitro groups is 1. The molecular weight excluding hydrogens is 268 g/mol. The Morgan fingerprint density at radius 1 is 1.45 bits per heavy atom. The van der Waals surface area contributed by atoms with Gasteiger partial charge in [-0.3, -0.25) is 10.1 Å². The number of carboxylic acid groups (broad SMARTS) is 1. The van der Waals surface area contributed by atoms with E-state index in [9.17, 15) is 14.9 Å². The Balaban J connectivity index is 2.53. The highest BCUT2D eigenvalue weighted by Crippen LogP contribution is 2.35. The van der Waals surface area contributed by atoms with E-state index in [2.05, 4.69) is 0 Å². The molecule has 1 saturated heterocycles. The van der Waals surface area contributed by atoms with Gasteiger partial charge in [0, 0.05) is 25.2 Å². The standard InChI is InChI=1S/C12H14N2O6/c1-19-11-7-9(13-2-4-20-5-3-13)10(14(17)18)6-8(11)12(15)16/h6-7H,2-5H2,1H3,(H,15,16). The van der Waals surface area contributed by atoms with E-state index in [1.807, 2.05) is 0 Å². The summed E-state index contributed by atoms with van der Waals surface area (Å²) in [5.74, 6) is -1.16. The molecule has 8 nitrogen and oxygen atoms in total. The molecule has 1 aliphatic rings. The monoisotopic (exact) mass is 282 g/mol. The van der Waals surface area contributed by atoms with Crippen molar-refractivity contribution in [2.45, 2.75) is 0 Å². The number of benzene rings is 1. The number of morpholine rings is 1. The van der Waals surface area contributed by atoms with Crippen molar-refractivity contribution in [3.8, 4) is 5.75 Å². The maximum Gasteiger partial charge on any atom is 0.339 e. The summed E-state index contributed by atoms with van der Waals surface area (Å²) in [5, 5.41) is 20.2. The number of ether oxygens (including phenoxy) is 2. The lowest BCUT2D eigenvalue weighted by Crippen LogP contribution is -2.36. The summed E-state index contributed by atoms with van der Waals surface area (Å²) in [4.78, 5) is 23.5. The molecule has 0 amide bonds. The van der Waals surface area contributed by atoms with Gasteiger partial charge in [-0.2, -0.15) is 0 Å². The van der Waals surface area contributed by atoms with E-state index in [1.54, 1.807) is 4.90 Å². The van der Waals surface area contributed by atoms with E-state index in [1.165, 1.54) is 13.2 Å². The van der Waals surface area contributed by atoms with Crippen molar-refractivity contribution < 1.29 is 24.3 Å². The van der Waals surface area contributed by atoms with E-state index in [-0.39, 0.29) is 17.0 Å². The largest absolute Gasteiger partial charge is 0.496 e. The molecule has 0 aliphatic carbocycles. The number of aromatic carboxylic acids is 1. The second-order valence-corrected chi connectivity index (χ2v) is 4.20. The van der Waals surface area contributed by atoms with Crippen molar-refractivity contribution in [2.75, 3.05) is 38.3 Å². The Morgan fingerprint density at radius 2 is 2.10 bits per heavy atom. The number of anilines is 1. The normalized spacial score (nSPS) is 14.9. The first-order valence-electron chi connectivity index (χ1n) is 5.97. The van der Waals surface area contributed by atoms with Gasteiger partial charge in [-0.25, -0.2) is 4.79 Å². The van der Waals surface area contributed by atoms with Gasteiger partial charge in [0.15, 0.2) is 0 Å². The SMILES string of the molecule is COc1cc(N2CCOCC2)c([N+](=O)[O-])cc1C(=O)O. The third-order valence-electron chi connectivity index (χ3n) is 3.08. The second kappa shape index (κ2) is 5.74. The molecule has 2 rings (SSSR count). The van der Waals surface area contributed by atoms with Crippen LogP contribution in [0.2, 0.25) is 0 Å². The maximum absolute atomic E-state index is 11.2. The zero-order valence-electron chi connectivity index (χ0n) is 10.9. The molecule has 1 aromatic carbocycles. The number of carbonyl (C=O) groups is 1. The lowest BCUT2D eigenvalue weighted by Gasteiger charge is -2.28. The molecule has 0 bridgehead atoms. The molecule has 108 valence electrons. The summed E-state index contributed by atoms with van der Waals surface area (Å²) < 4.78 is 10.2. The lowest BCUT2D eigenvalue weighted by molar-refractivity contribution is -0.384. The second-order valence-electron chi connectivity index (χ2n) is 4.20. The molecule has 0 saturated carbocycles. The molecule has 0 unspecified atom stereocenters. The van der Waals surface area contributed by atoms with Gasteiger partial charge in [-0.1, -0.05) is 0 Å². The average molecular weight is 282 g/mol. The molecule has 1 fully saturated rings. The van der Waals surface area contributed by atoms with Crippen molar-refractivity contribution in [1.82, 2.24) is 0 Å². The van der Waals surface area contributed by atoms with Crippen LogP contribution in [0.3, 0.4) is 0 Å². The molecule has 0 atom stereocenters. The quantitative estimate of drug-likeness (QED) is 0.652. The average Bonchev–Trinajstić information content (AvgIpc) is 2.46. The Bertz CT molecular complexity index is 539. The predicted octanol–water partition coefficient (Wildman–Crippen LogP) is 1.14. The summed E-state index contributed by atoms with van der Waals surface area (Å²) in [6.07, 6.45) is 0. The zero-order valence-corrected chi connectivity index (χ0v) is 10.9. The number of hydrogen-bond donors (Lipinski definition) is 1. The first-order valence-corrected chi connectivity index (χ1v) is 5.97. The van der Waals surface area contributed by atoms with Crippen molar-refractivity contribution in [2.24, 2.45) is 0 Å². The Labute approximate surface area is 114 Å². The summed E-state index contributed by atoms with van der Waals surface area (Å²) in [5.41, 5.74) is -0.124. The molecule has 20 heavy (non-hydrogen) atoms. The molecule has 0 radical (unpaired) electrons. The fraction of sp³-hybridized carbons (Fsp3) is 0.417. The fourth-order valence-corrected chi connectivity index (χ4v) is 2.10. The maximum atomic E-state index is 11.2. The van der Waals surface area contributed by atoms with Crippen LogP contribution in [0.15, 0.2) is 12.1 Å². The van der Waals surface area contributed by atoms with Crippen LogP contribution in [0.5, 0.6) is 5.75 Å². The highest BCUT2D eigenvalue weighted by molar-refractivity contribution is 5.93. The molecule has 8 heteroatoms. The van der Waals surface area contributed by atoms with Crippen molar-refractivity contribution in [3.05, 3.63) is 27.8 Å². The molecule has 1 aromatic rings. The fourth-order valence-electron chi connectivity index (χ4n) is 2.10. The predicted molar refractivity (Wildman–Crippen MR) is 69.6 cm³/mol. The third-order valence-corrected chi connectivity index (χ3v) is 3.08. The lowest BCUT2D eigenvalue weighted by atomic mass is 10.1. The zero-order chi connectivity index (χ0) is 14.7. The van der Waals surface area contributed by atoms with Crippen molar-refractivity contribution in [3.63, 3.8) is 0 Å². The number of methoxy groups -OCH3 is 1. The topological polar surface area (TPSA) is 102 Å². The van der Waals surface area contributed by atoms with E-state index in [0.29, 0.717) is 32.0 Å². The summed E-state index contributed by atoms with van der Waals surface area (Å²) in [7, 11) is 1.33. The smallest absolute Gasteiger partial charge is 0.339 e. The molecule has 1 heterocycles. The van der Waals surface area contributed by atoms with Crippen molar-refractivity contribution >= 4 is 17.3 Å². The van der Waals surface area contributed by atoms with Gasteiger partial charge < -0.3 is 19.5 Å². The summed E-state index contributed by atoms with van der Waals surface area (Å²) in [6, 6.07) is 2.43. The summed E-state index contributed by atoms with van der Waals surface area (Å²) >= 11 is 0. The van der Waals surface area contributed by atoms with Crippen LogP contribution >= 0.6 is 0 Å². The van der Waals surface area contributed by atoms with E-state index in [0.717, 1.165) is 6.07 Å². The van der Waals surface area contributed by atoms with Crippen LogP contribution < -0.4 is 9.64 Å². The van der Waals surface area contributed by atoms with Crippen LogP contribution in [0.4, 0.5) is 11.4 Å². The highest BCUT2D eigenvalue weighted by Gasteiger charge is 2.26. The first-order chi connectivity index (χ1) is 9.54. The van der Waals surface area contributed by atoms with Crippen LogP contribution in [0.1, 0.15) is 10.4 Å². The van der Waals surface area contributed by atoms with Gasteiger partial charge >= 0.3 is 5.97 Å². The number of hydrogen-bond acceptors (Lipinski definition) is 6. The third kappa shape index (κ3) is 2.64. The number of rotatable bonds is 4. The van der Waals surface area contributed by atoms with Crippen LogP contribution in [-0.4, -0.2) is 49.4 Å². The van der Waals surface area contributed by atoms with E-state index < -0.39 is 10.9 Å². The molecule has 0 aromatic heterocycles. The number of carboxylic acids is 1. The van der Waals surface area contributed by atoms with Crippen molar-refractivity contribution in [1.29, 1.82) is 0 Å². The Morgan fingerprint density at radius 3 is 2.60 bits per heavy atom. The van der Waals surface area contributed by atoms with Gasteiger partial charge in [-0.15, -0.1) is 0 Å². The summed E-state index contributed by atoms with van der Waals surface area (Å²) in [6.45, 7) is 1.97. The number of nitro benzene ring substituents is 1. The van der Waals surface area contributed by atoms with E-state index in [4.69, 9.17) is 14.6 Å². The number of nitrogens with zero attached hydrogens (tertiary/aromatic N) is 2. The van der Waals surface area contributed by atoms with Gasteiger partial charge in [0.1, 0.15) is 17.0 Å². The van der Waals surface area contributed by atoms with Gasteiger partial charge in [0.25, 0.3) is 5.69 Å². The highest BCUT2D eigenvalue weighted by atomic mass is 16.6. The Kier molecular flexibility index (Phi) is 4.04. The minimum Gasteiger partial charge on any atom is -0.496 e. The minimum atomic E-state index is -1.27. The molecule has 1 N–H and O–H groups in total. The molecule has 1 aliphatic heterocycles. The minimum absolute atomic E-state index is 0.101.